The predicted octanol–water partition coefficient (Wildman–Crippen LogP) is 2.78. The van der Waals surface area contributed by atoms with Gasteiger partial charge in [-0.2, -0.15) is 5.10 Å². The maximum Gasteiger partial charge on any atom is 0.226 e. The summed E-state index contributed by atoms with van der Waals surface area (Å²) in [7, 11) is 0. The van der Waals surface area contributed by atoms with E-state index in [1.165, 1.54) is 0 Å². The molecule has 18 heavy (non-hydrogen) atoms. The van der Waals surface area contributed by atoms with Gasteiger partial charge in [0.2, 0.25) is 5.91 Å². The normalized spacial score (nSPS) is 12.1. The molecule has 0 bridgehead atoms. The predicted molar refractivity (Wildman–Crippen MR) is 71.4 cm³/mol. The molecule has 1 N–H and O–H groups in total. The molecule has 1 heterocycles. The lowest BCUT2D eigenvalue weighted by atomic mass is 10.2. The van der Waals surface area contributed by atoms with Gasteiger partial charge >= 0.3 is 0 Å². The van der Waals surface area contributed by atoms with Crippen molar-refractivity contribution < 1.29 is 4.79 Å². The SMILES string of the molecule is Cc1cccc(NC(=O)C[C@@H](C)n2cccn2)c1. The largest absolute Gasteiger partial charge is 0.326 e. The molecule has 1 atom stereocenters. The fourth-order valence-corrected chi connectivity index (χ4v) is 1.84. The van der Waals surface area contributed by atoms with Gasteiger partial charge in [-0.1, -0.05) is 12.1 Å². The molecule has 0 aliphatic heterocycles. The highest BCUT2D eigenvalue weighted by Gasteiger charge is 2.10. The second-order valence-electron chi connectivity index (χ2n) is 4.46. The van der Waals surface area contributed by atoms with Crippen LogP contribution in [0.1, 0.15) is 24.9 Å². The van der Waals surface area contributed by atoms with Crippen LogP contribution in [0.3, 0.4) is 0 Å². The van der Waals surface area contributed by atoms with Gasteiger partial charge in [0.05, 0.1) is 6.04 Å². The van der Waals surface area contributed by atoms with E-state index in [-0.39, 0.29) is 11.9 Å². The third-order valence-corrected chi connectivity index (χ3v) is 2.76. The first-order chi connectivity index (χ1) is 8.65. The molecule has 0 aliphatic rings. The van der Waals surface area contributed by atoms with Crippen molar-refractivity contribution in [1.29, 1.82) is 0 Å². The first kappa shape index (κ1) is 12.4. The smallest absolute Gasteiger partial charge is 0.226 e. The highest BCUT2D eigenvalue weighted by atomic mass is 16.1. The molecule has 0 aliphatic carbocycles. The molecular weight excluding hydrogens is 226 g/mol. The summed E-state index contributed by atoms with van der Waals surface area (Å²) in [5, 5.41) is 7.02. The monoisotopic (exact) mass is 243 g/mol. The fourth-order valence-electron chi connectivity index (χ4n) is 1.84. The van der Waals surface area contributed by atoms with Crippen LogP contribution in [-0.2, 0) is 4.79 Å². The van der Waals surface area contributed by atoms with Crippen molar-refractivity contribution in [3.63, 3.8) is 0 Å². The summed E-state index contributed by atoms with van der Waals surface area (Å²) in [6, 6.07) is 9.70. The number of carbonyl (C=O) groups excluding carboxylic acids is 1. The van der Waals surface area contributed by atoms with Gasteiger partial charge in [0, 0.05) is 24.5 Å². The van der Waals surface area contributed by atoms with Crippen LogP contribution in [0.25, 0.3) is 0 Å². The van der Waals surface area contributed by atoms with E-state index in [4.69, 9.17) is 0 Å². The Morgan fingerprint density at radius 1 is 1.44 bits per heavy atom. The second kappa shape index (κ2) is 5.49. The van der Waals surface area contributed by atoms with Crippen LogP contribution in [0.4, 0.5) is 5.69 Å². The van der Waals surface area contributed by atoms with E-state index in [0.717, 1.165) is 11.3 Å². The molecule has 0 spiro atoms. The second-order valence-corrected chi connectivity index (χ2v) is 4.46. The number of carbonyl (C=O) groups is 1. The van der Waals surface area contributed by atoms with E-state index in [2.05, 4.69) is 10.4 Å². The van der Waals surface area contributed by atoms with Crippen LogP contribution in [0, 0.1) is 6.92 Å². The van der Waals surface area contributed by atoms with Crippen LogP contribution < -0.4 is 5.32 Å². The lowest BCUT2D eigenvalue weighted by Gasteiger charge is -2.12. The number of hydrogen-bond donors (Lipinski definition) is 1. The molecule has 2 rings (SSSR count). The Bertz CT molecular complexity index is 520. The number of hydrogen-bond acceptors (Lipinski definition) is 2. The van der Waals surface area contributed by atoms with E-state index in [1.807, 2.05) is 50.4 Å². The van der Waals surface area contributed by atoms with Crippen molar-refractivity contribution >= 4 is 11.6 Å². The molecule has 1 amide bonds. The van der Waals surface area contributed by atoms with Crippen molar-refractivity contribution in [2.45, 2.75) is 26.3 Å². The topological polar surface area (TPSA) is 46.9 Å². The van der Waals surface area contributed by atoms with Gasteiger partial charge in [-0.25, -0.2) is 0 Å². The van der Waals surface area contributed by atoms with Gasteiger partial charge in [0.25, 0.3) is 0 Å². The van der Waals surface area contributed by atoms with Gasteiger partial charge in [-0.15, -0.1) is 0 Å². The number of nitrogens with one attached hydrogen (secondary N) is 1. The average molecular weight is 243 g/mol. The maximum atomic E-state index is 11.9. The first-order valence-electron chi connectivity index (χ1n) is 6.01. The third-order valence-electron chi connectivity index (χ3n) is 2.76. The Balaban J connectivity index is 1.93. The molecule has 1 aromatic heterocycles. The molecule has 0 unspecified atom stereocenters. The van der Waals surface area contributed by atoms with Crippen LogP contribution in [0.5, 0.6) is 0 Å². The average Bonchev–Trinajstić information content (AvgIpc) is 2.81. The zero-order chi connectivity index (χ0) is 13.0. The summed E-state index contributed by atoms with van der Waals surface area (Å²) in [5.74, 6) is 0.00333. The molecule has 1 aromatic carbocycles. The number of rotatable bonds is 4. The van der Waals surface area contributed by atoms with Gasteiger partial charge in [0.1, 0.15) is 0 Å². The molecule has 4 nitrogen and oxygen atoms in total. The zero-order valence-electron chi connectivity index (χ0n) is 10.6. The first-order valence-corrected chi connectivity index (χ1v) is 6.01. The summed E-state index contributed by atoms with van der Waals surface area (Å²) in [5.41, 5.74) is 1.97. The number of nitrogens with zero attached hydrogens (tertiary/aromatic N) is 2. The van der Waals surface area contributed by atoms with E-state index >= 15 is 0 Å². The van der Waals surface area contributed by atoms with Crippen LogP contribution >= 0.6 is 0 Å². The minimum atomic E-state index is 0.00333. The summed E-state index contributed by atoms with van der Waals surface area (Å²) in [6.07, 6.45) is 4.00. The molecule has 0 radical (unpaired) electrons. The summed E-state index contributed by atoms with van der Waals surface area (Å²) in [6.45, 7) is 3.98. The van der Waals surface area contributed by atoms with Crippen molar-refractivity contribution in [2.24, 2.45) is 0 Å². The van der Waals surface area contributed by atoms with Crippen LogP contribution in [-0.4, -0.2) is 15.7 Å². The Hall–Kier alpha value is -2.10. The van der Waals surface area contributed by atoms with E-state index < -0.39 is 0 Å². The zero-order valence-corrected chi connectivity index (χ0v) is 10.6. The van der Waals surface area contributed by atoms with E-state index in [1.54, 1.807) is 10.9 Å². The molecule has 0 saturated heterocycles. The summed E-state index contributed by atoms with van der Waals surface area (Å²) in [4.78, 5) is 11.9. The third kappa shape index (κ3) is 3.20. The Morgan fingerprint density at radius 3 is 2.94 bits per heavy atom. The van der Waals surface area contributed by atoms with E-state index in [9.17, 15) is 4.79 Å². The standard InChI is InChI=1S/C14H17N3O/c1-11-5-3-6-13(9-11)16-14(18)10-12(2)17-8-4-7-15-17/h3-9,12H,10H2,1-2H3,(H,16,18)/t12-/m1/s1. The Kier molecular flexibility index (Phi) is 3.77. The minimum absolute atomic E-state index is 0.00333. The number of anilines is 1. The van der Waals surface area contributed by atoms with Crippen LogP contribution in [0.15, 0.2) is 42.7 Å². The van der Waals surface area contributed by atoms with Gasteiger partial charge in [0.15, 0.2) is 0 Å². The quantitative estimate of drug-likeness (QED) is 0.897. The number of benzene rings is 1. The fraction of sp³-hybridized carbons (Fsp3) is 0.286. The lowest BCUT2D eigenvalue weighted by molar-refractivity contribution is -0.116. The summed E-state index contributed by atoms with van der Waals surface area (Å²) < 4.78 is 1.79. The highest BCUT2D eigenvalue weighted by Crippen LogP contribution is 2.13. The number of amides is 1. The van der Waals surface area contributed by atoms with Gasteiger partial charge in [-0.05, 0) is 37.6 Å². The van der Waals surface area contributed by atoms with Crippen molar-refractivity contribution in [3.8, 4) is 0 Å². The van der Waals surface area contributed by atoms with Crippen molar-refractivity contribution in [2.75, 3.05) is 5.32 Å². The van der Waals surface area contributed by atoms with Crippen molar-refractivity contribution in [1.82, 2.24) is 9.78 Å². The number of aryl methyl sites for hydroxylation is 1. The van der Waals surface area contributed by atoms with Crippen molar-refractivity contribution in [3.05, 3.63) is 48.3 Å². The van der Waals surface area contributed by atoms with Crippen LogP contribution in [0.2, 0.25) is 0 Å². The Morgan fingerprint density at radius 2 is 2.28 bits per heavy atom. The highest BCUT2D eigenvalue weighted by molar-refractivity contribution is 5.90. The molecule has 0 fully saturated rings. The lowest BCUT2D eigenvalue weighted by Crippen LogP contribution is -2.17. The molecule has 0 saturated carbocycles. The molecular formula is C14H17N3O. The van der Waals surface area contributed by atoms with Gasteiger partial charge < -0.3 is 5.32 Å². The minimum Gasteiger partial charge on any atom is -0.326 e. The Labute approximate surface area is 107 Å². The van der Waals surface area contributed by atoms with Gasteiger partial charge in [-0.3, -0.25) is 9.48 Å². The molecule has 4 heteroatoms. The molecule has 2 aromatic rings. The van der Waals surface area contributed by atoms with E-state index in [0.29, 0.717) is 6.42 Å². The molecule has 94 valence electrons. The summed E-state index contributed by atoms with van der Waals surface area (Å²) >= 11 is 0. The maximum absolute atomic E-state index is 11.9. The number of aromatic nitrogens is 2.